The molecule has 0 bridgehead atoms. The first-order valence-electron chi connectivity index (χ1n) is 9.82. The van der Waals surface area contributed by atoms with Gasteiger partial charge in [-0.3, -0.25) is 9.59 Å². The van der Waals surface area contributed by atoms with Crippen molar-refractivity contribution in [2.45, 2.75) is 72.3 Å². The minimum Gasteiger partial charge on any atom is -0.481 e. The quantitative estimate of drug-likeness (QED) is 0.583. The highest BCUT2D eigenvalue weighted by molar-refractivity contribution is 5.77. The van der Waals surface area contributed by atoms with Gasteiger partial charge in [-0.15, -0.1) is 6.58 Å². The van der Waals surface area contributed by atoms with Crippen LogP contribution in [0.2, 0.25) is 0 Å². The Morgan fingerprint density at radius 3 is 2.50 bits per heavy atom. The van der Waals surface area contributed by atoms with E-state index in [1.165, 1.54) is 12.5 Å². The van der Waals surface area contributed by atoms with E-state index in [2.05, 4.69) is 26.5 Å². The van der Waals surface area contributed by atoms with Crippen LogP contribution in [-0.2, 0) is 14.3 Å². The summed E-state index contributed by atoms with van der Waals surface area (Å²) < 4.78 is 5.50. The van der Waals surface area contributed by atoms with Crippen molar-refractivity contribution in [1.29, 1.82) is 0 Å². The molecule has 2 fully saturated rings. The molecule has 0 amide bonds. The number of rotatable bonds is 3. The summed E-state index contributed by atoms with van der Waals surface area (Å²) in [6.07, 6.45) is 9.34. The molecular formula is C22H32O4. The SMILES string of the molecule is C=CC1(C)C=C2CCC3C(C)(CCC(OC(C)=O)C3(C)C(=O)O)C2CC1. The first kappa shape index (κ1) is 19.2. The Morgan fingerprint density at radius 1 is 1.23 bits per heavy atom. The van der Waals surface area contributed by atoms with Crippen molar-refractivity contribution in [2.24, 2.45) is 28.1 Å². The molecule has 0 aromatic heterocycles. The fraction of sp³-hybridized carbons (Fsp3) is 0.727. The first-order valence-corrected chi connectivity index (χ1v) is 9.82. The smallest absolute Gasteiger partial charge is 0.313 e. The van der Waals surface area contributed by atoms with E-state index in [1.54, 1.807) is 6.92 Å². The second kappa shape index (κ2) is 6.24. The van der Waals surface area contributed by atoms with Crippen molar-refractivity contribution in [3.8, 4) is 0 Å². The lowest BCUT2D eigenvalue weighted by atomic mass is 9.44. The number of hydrogen-bond donors (Lipinski definition) is 1. The highest BCUT2D eigenvalue weighted by atomic mass is 16.5. The van der Waals surface area contributed by atoms with E-state index in [9.17, 15) is 14.7 Å². The lowest BCUT2D eigenvalue weighted by Crippen LogP contribution is -2.60. The second-order valence-corrected chi connectivity index (χ2v) is 9.34. The third-order valence-corrected chi connectivity index (χ3v) is 7.82. The molecule has 0 radical (unpaired) electrons. The summed E-state index contributed by atoms with van der Waals surface area (Å²) in [4.78, 5) is 23.9. The number of carboxylic acids is 1. The fourth-order valence-corrected chi connectivity index (χ4v) is 6.25. The average molecular weight is 360 g/mol. The van der Waals surface area contributed by atoms with Gasteiger partial charge in [-0.2, -0.15) is 0 Å². The van der Waals surface area contributed by atoms with Gasteiger partial charge in [0, 0.05) is 12.3 Å². The molecule has 26 heavy (non-hydrogen) atoms. The molecule has 3 aliphatic rings. The molecule has 0 heterocycles. The molecule has 4 heteroatoms. The Bertz CT molecular complexity index is 665. The molecule has 0 aromatic carbocycles. The molecule has 4 nitrogen and oxygen atoms in total. The van der Waals surface area contributed by atoms with Crippen molar-refractivity contribution in [1.82, 2.24) is 0 Å². The van der Waals surface area contributed by atoms with E-state index in [0.29, 0.717) is 12.3 Å². The Kier molecular flexibility index (Phi) is 4.61. The van der Waals surface area contributed by atoms with Gasteiger partial charge < -0.3 is 9.84 Å². The number of esters is 1. The highest BCUT2D eigenvalue weighted by Crippen LogP contribution is 2.64. The van der Waals surface area contributed by atoms with Gasteiger partial charge in [0.2, 0.25) is 0 Å². The van der Waals surface area contributed by atoms with E-state index < -0.39 is 17.5 Å². The van der Waals surface area contributed by atoms with Crippen LogP contribution in [0.5, 0.6) is 0 Å². The van der Waals surface area contributed by atoms with E-state index in [1.807, 2.05) is 6.08 Å². The Balaban J connectivity index is 2.00. The van der Waals surface area contributed by atoms with Crippen LogP contribution < -0.4 is 0 Å². The largest absolute Gasteiger partial charge is 0.481 e. The standard InChI is InChI=1S/C22H32O4/c1-6-20(3)11-9-16-15(13-20)7-8-17-21(16,4)12-10-18(26-14(2)23)22(17,5)19(24)25/h6,13,16-18H,1,7-12H2,2-5H3,(H,24,25). The molecule has 3 rings (SSSR count). The predicted molar refractivity (Wildman–Crippen MR) is 100 cm³/mol. The number of carbonyl (C=O) groups excluding carboxylic acids is 1. The number of carboxylic acid groups (broad SMARTS) is 1. The molecule has 2 saturated carbocycles. The van der Waals surface area contributed by atoms with Crippen molar-refractivity contribution < 1.29 is 19.4 Å². The minimum atomic E-state index is -1.02. The maximum absolute atomic E-state index is 12.4. The van der Waals surface area contributed by atoms with Gasteiger partial charge in [0.25, 0.3) is 0 Å². The van der Waals surface area contributed by atoms with Crippen molar-refractivity contribution in [2.75, 3.05) is 0 Å². The van der Waals surface area contributed by atoms with Gasteiger partial charge in [0.1, 0.15) is 11.5 Å². The summed E-state index contributed by atoms with van der Waals surface area (Å²) in [5.74, 6) is -0.784. The molecule has 0 aliphatic heterocycles. The molecule has 1 N–H and O–H groups in total. The van der Waals surface area contributed by atoms with Crippen LogP contribution in [0.15, 0.2) is 24.3 Å². The number of aliphatic carboxylic acids is 1. The number of ether oxygens (including phenoxy) is 1. The van der Waals surface area contributed by atoms with Crippen LogP contribution in [-0.4, -0.2) is 23.1 Å². The molecular weight excluding hydrogens is 328 g/mol. The Labute approximate surface area is 156 Å². The first-order chi connectivity index (χ1) is 12.1. The molecule has 0 spiro atoms. The molecule has 3 aliphatic carbocycles. The van der Waals surface area contributed by atoms with Gasteiger partial charge in [0.05, 0.1) is 0 Å². The van der Waals surface area contributed by atoms with Crippen LogP contribution in [0.1, 0.15) is 66.2 Å². The molecule has 144 valence electrons. The molecule has 6 atom stereocenters. The minimum absolute atomic E-state index is 0.0147. The van der Waals surface area contributed by atoms with Crippen molar-refractivity contribution in [3.05, 3.63) is 24.3 Å². The molecule has 0 aromatic rings. The van der Waals surface area contributed by atoms with E-state index in [4.69, 9.17) is 4.74 Å². The lowest BCUT2D eigenvalue weighted by Gasteiger charge is -2.60. The third-order valence-electron chi connectivity index (χ3n) is 7.82. The molecule has 6 unspecified atom stereocenters. The van der Waals surface area contributed by atoms with Crippen molar-refractivity contribution in [3.63, 3.8) is 0 Å². The Hall–Kier alpha value is -1.58. The van der Waals surface area contributed by atoms with Gasteiger partial charge in [-0.1, -0.05) is 31.6 Å². The normalized spacial score (nSPS) is 44.9. The van der Waals surface area contributed by atoms with E-state index in [-0.39, 0.29) is 22.7 Å². The second-order valence-electron chi connectivity index (χ2n) is 9.34. The topological polar surface area (TPSA) is 63.6 Å². The van der Waals surface area contributed by atoms with Crippen LogP contribution in [0, 0.1) is 28.1 Å². The molecule has 0 saturated heterocycles. The number of allylic oxidation sites excluding steroid dienone is 3. The van der Waals surface area contributed by atoms with Gasteiger partial charge >= 0.3 is 11.9 Å². The summed E-state index contributed by atoms with van der Waals surface area (Å²) in [6, 6.07) is 0. The van der Waals surface area contributed by atoms with Crippen LogP contribution in [0.3, 0.4) is 0 Å². The van der Waals surface area contributed by atoms with Gasteiger partial charge in [0.15, 0.2) is 0 Å². The zero-order chi connectivity index (χ0) is 19.3. The zero-order valence-corrected chi connectivity index (χ0v) is 16.5. The predicted octanol–water partition coefficient (Wildman–Crippen LogP) is 4.75. The van der Waals surface area contributed by atoms with Gasteiger partial charge in [-0.05, 0) is 62.7 Å². The fourth-order valence-electron chi connectivity index (χ4n) is 6.25. The zero-order valence-electron chi connectivity index (χ0n) is 16.5. The number of carbonyl (C=O) groups is 2. The van der Waals surface area contributed by atoms with Crippen LogP contribution in [0.4, 0.5) is 0 Å². The maximum Gasteiger partial charge on any atom is 0.313 e. The summed E-state index contributed by atoms with van der Waals surface area (Å²) in [7, 11) is 0. The summed E-state index contributed by atoms with van der Waals surface area (Å²) in [5, 5.41) is 10.1. The summed E-state index contributed by atoms with van der Waals surface area (Å²) in [6.45, 7) is 11.7. The van der Waals surface area contributed by atoms with E-state index >= 15 is 0 Å². The maximum atomic E-state index is 12.4. The monoisotopic (exact) mass is 360 g/mol. The van der Waals surface area contributed by atoms with Crippen LogP contribution in [0.25, 0.3) is 0 Å². The highest BCUT2D eigenvalue weighted by Gasteiger charge is 2.63. The number of hydrogen-bond acceptors (Lipinski definition) is 3. The third kappa shape index (κ3) is 2.73. The van der Waals surface area contributed by atoms with E-state index in [0.717, 1.165) is 32.1 Å². The van der Waals surface area contributed by atoms with Crippen molar-refractivity contribution >= 4 is 11.9 Å². The lowest BCUT2D eigenvalue weighted by molar-refractivity contribution is -0.195. The Morgan fingerprint density at radius 2 is 1.92 bits per heavy atom. The summed E-state index contributed by atoms with van der Waals surface area (Å²) in [5.41, 5.74) is 0.455. The average Bonchev–Trinajstić information content (AvgIpc) is 2.57. The number of fused-ring (bicyclic) bond motifs is 3. The van der Waals surface area contributed by atoms with Gasteiger partial charge in [-0.25, -0.2) is 0 Å². The van der Waals surface area contributed by atoms with Crippen LogP contribution >= 0.6 is 0 Å². The summed E-state index contributed by atoms with van der Waals surface area (Å²) >= 11 is 0.